The molecule has 0 aliphatic rings. The number of hydrogen-bond acceptors (Lipinski definition) is 1. The van der Waals surface area contributed by atoms with Gasteiger partial charge in [0.1, 0.15) is 11.5 Å². The molecule has 0 saturated carbocycles. The van der Waals surface area contributed by atoms with Crippen molar-refractivity contribution in [1.82, 2.24) is 0 Å². The van der Waals surface area contributed by atoms with Gasteiger partial charge in [0.15, 0.2) is 0 Å². The lowest BCUT2D eigenvalue weighted by atomic mass is 10.3. The molecule has 0 saturated heterocycles. The van der Waals surface area contributed by atoms with E-state index in [0.29, 0.717) is 0 Å². The molecule has 0 bridgehead atoms. The minimum atomic E-state index is 0.789. The summed E-state index contributed by atoms with van der Waals surface area (Å²) in [4.78, 5) is 0. The van der Waals surface area contributed by atoms with Gasteiger partial charge in [-0.1, -0.05) is 37.5 Å². The lowest BCUT2D eigenvalue weighted by Gasteiger charge is -2.05. The van der Waals surface area contributed by atoms with Crippen LogP contribution in [0.25, 0.3) is 0 Å². The van der Waals surface area contributed by atoms with Gasteiger partial charge >= 0.3 is 0 Å². The van der Waals surface area contributed by atoms with Crippen LogP contribution in [0.2, 0.25) is 0 Å². The van der Waals surface area contributed by atoms with Crippen molar-refractivity contribution in [3.8, 4) is 0 Å². The molecule has 0 aromatic carbocycles. The van der Waals surface area contributed by atoms with E-state index in [1.165, 1.54) is 0 Å². The summed E-state index contributed by atoms with van der Waals surface area (Å²) in [6.07, 6.45) is 14.6. The Kier molecular flexibility index (Phi) is 7.79. The molecule has 0 N–H and O–H groups in total. The molecule has 0 unspecified atom stereocenters. The van der Waals surface area contributed by atoms with E-state index < -0.39 is 0 Å². The van der Waals surface area contributed by atoms with Crippen molar-refractivity contribution in [3.63, 3.8) is 0 Å². The maximum absolute atomic E-state index is 5.61. The highest BCUT2D eigenvalue weighted by Crippen LogP contribution is 2.09. The summed E-state index contributed by atoms with van der Waals surface area (Å²) in [6, 6.07) is 0. The highest BCUT2D eigenvalue weighted by molar-refractivity contribution is 5.22. The molecule has 0 aliphatic heterocycles. The third-order valence-electron chi connectivity index (χ3n) is 1.60. The van der Waals surface area contributed by atoms with Gasteiger partial charge in [0.25, 0.3) is 0 Å². The lowest BCUT2D eigenvalue weighted by molar-refractivity contribution is 0.334. The minimum absolute atomic E-state index is 0.789. The zero-order chi connectivity index (χ0) is 11.5. The Morgan fingerprint density at radius 1 is 0.867 bits per heavy atom. The average Bonchev–Trinajstić information content (AvgIpc) is 2.28. The molecule has 1 nitrogen and oxygen atoms in total. The molecule has 0 aromatic heterocycles. The van der Waals surface area contributed by atoms with Gasteiger partial charge in [-0.2, -0.15) is 0 Å². The number of allylic oxidation sites excluding steroid dienone is 8. The highest BCUT2D eigenvalue weighted by Gasteiger charge is 1.94. The second kappa shape index (κ2) is 8.82. The number of hydrogen-bond donors (Lipinski definition) is 0. The molecule has 0 aromatic rings. The zero-order valence-electron chi connectivity index (χ0n) is 9.44. The maximum Gasteiger partial charge on any atom is 0.123 e. The second-order valence-electron chi connectivity index (χ2n) is 2.67. The van der Waals surface area contributed by atoms with Gasteiger partial charge in [-0.15, -0.1) is 0 Å². The Morgan fingerprint density at radius 2 is 1.27 bits per heavy atom. The Hall–Kier alpha value is -1.76. The van der Waals surface area contributed by atoms with Gasteiger partial charge < -0.3 is 4.74 Å². The van der Waals surface area contributed by atoms with Crippen molar-refractivity contribution in [3.05, 3.63) is 73.3 Å². The highest BCUT2D eigenvalue weighted by atomic mass is 16.5. The molecule has 1 heteroatoms. The van der Waals surface area contributed by atoms with Crippen LogP contribution >= 0.6 is 0 Å². The van der Waals surface area contributed by atoms with E-state index in [2.05, 4.69) is 13.2 Å². The molecule has 0 rings (SSSR count). The molecule has 0 aliphatic carbocycles. The van der Waals surface area contributed by atoms with Crippen molar-refractivity contribution >= 4 is 0 Å². The second-order valence-corrected chi connectivity index (χ2v) is 2.67. The van der Waals surface area contributed by atoms with E-state index in [1.54, 1.807) is 12.2 Å². The Morgan fingerprint density at radius 3 is 1.53 bits per heavy atom. The van der Waals surface area contributed by atoms with Crippen LogP contribution in [0.1, 0.15) is 13.8 Å². The van der Waals surface area contributed by atoms with Crippen molar-refractivity contribution in [2.75, 3.05) is 0 Å². The largest absolute Gasteiger partial charge is 0.458 e. The van der Waals surface area contributed by atoms with Gasteiger partial charge in [-0.25, -0.2) is 0 Å². The summed E-state index contributed by atoms with van der Waals surface area (Å²) in [5.74, 6) is 1.58. The first-order valence-corrected chi connectivity index (χ1v) is 4.87. The summed E-state index contributed by atoms with van der Waals surface area (Å²) >= 11 is 0. The van der Waals surface area contributed by atoms with E-state index in [1.807, 2.05) is 50.3 Å². The van der Waals surface area contributed by atoms with E-state index in [9.17, 15) is 0 Å². The summed E-state index contributed by atoms with van der Waals surface area (Å²) < 4.78 is 5.61. The first-order valence-electron chi connectivity index (χ1n) is 4.87. The average molecular weight is 202 g/mol. The summed E-state index contributed by atoms with van der Waals surface area (Å²) in [7, 11) is 0. The first-order chi connectivity index (χ1) is 7.28. The van der Waals surface area contributed by atoms with E-state index in [4.69, 9.17) is 4.74 Å². The van der Waals surface area contributed by atoms with Crippen LogP contribution in [-0.4, -0.2) is 0 Å². The molecular formula is C14H18O. The van der Waals surface area contributed by atoms with Crippen LogP contribution in [0, 0.1) is 0 Å². The fraction of sp³-hybridized carbons (Fsp3) is 0.143. The van der Waals surface area contributed by atoms with Crippen molar-refractivity contribution < 1.29 is 4.74 Å². The number of rotatable bonds is 6. The van der Waals surface area contributed by atoms with Crippen LogP contribution in [-0.2, 0) is 4.74 Å². The van der Waals surface area contributed by atoms with Crippen LogP contribution in [0.3, 0.4) is 0 Å². The zero-order valence-corrected chi connectivity index (χ0v) is 9.44. The SMILES string of the molecule is C=C/C=C\C(=C/C)OC(/C=C\C=C)=C/C. The van der Waals surface area contributed by atoms with Gasteiger partial charge in [0, 0.05) is 0 Å². The Bertz CT molecular complexity index is 282. The molecule has 15 heavy (non-hydrogen) atoms. The molecule has 0 heterocycles. The summed E-state index contributed by atoms with van der Waals surface area (Å²) in [5, 5.41) is 0. The quantitative estimate of drug-likeness (QED) is 0.461. The minimum Gasteiger partial charge on any atom is -0.458 e. The molecule has 0 spiro atoms. The molecule has 0 amide bonds. The monoisotopic (exact) mass is 202 g/mol. The Labute approximate surface area is 92.5 Å². The van der Waals surface area contributed by atoms with Crippen molar-refractivity contribution in [1.29, 1.82) is 0 Å². The van der Waals surface area contributed by atoms with Gasteiger partial charge in [0.2, 0.25) is 0 Å². The predicted octanol–water partition coefficient (Wildman–Crippen LogP) is 4.30. The normalized spacial score (nSPS) is 13.5. The van der Waals surface area contributed by atoms with E-state index in [0.717, 1.165) is 11.5 Å². The molecular weight excluding hydrogens is 184 g/mol. The predicted molar refractivity (Wildman–Crippen MR) is 67.3 cm³/mol. The summed E-state index contributed by atoms with van der Waals surface area (Å²) in [5.41, 5.74) is 0. The Balaban J connectivity index is 4.52. The molecule has 0 atom stereocenters. The third-order valence-corrected chi connectivity index (χ3v) is 1.60. The van der Waals surface area contributed by atoms with Crippen LogP contribution in [0.4, 0.5) is 0 Å². The standard InChI is InChI=1S/C14H18O/c1-5-9-11-13(7-3)15-14(8-4)12-10-6-2/h5-12H,1-2H2,3-4H3/b11-9-,12-10-,13-7+,14-8+. The van der Waals surface area contributed by atoms with E-state index in [-0.39, 0.29) is 0 Å². The van der Waals surface area contributed by atoms with Gasteiger partial charge in [-0.05, 0) is 38.2 Å². The first kappa shape index (κ1) is 13.2. The third kappa shape index (κ3) is 6.33. The van der Waals surface area contributed by atoms with Crippen molar-refractivity contribution in [2.24, 2.45) is 0 Å². The molecule has 80 valence electrons. The smallest absolute Gasteiger partial charge is 0.123 e. The van der Waals surface area contributed by atoms with Gasteiger partial charge in [-0.3, -0.25) is 0 Å². The topological polar surface area (TPSA) is 9.23 Å². The van der Waals surface area contributed by atoms with Crippen molar-refractivity contribution in [2.45, 2.75) is 13.8 Å². The van der Waals surface area contributed by atoms with Gasteiger partial charge in [0.05, 0.1) is 0 Å². The molecule has 0 radical (unpaired) electrons. The molecule has 0 fully saturated rings. The summed E-state index contributed by atoms with van der Waals surface area (Å²) in [6.45, 7) is 11.1. The van der Waals surface area contributed by atoms with Crippen LogP contribution in [0.5, 0.6) is 0 Å². The van der Waals surface area contributed by atoms with E-state index >= 15 is 0 Å². The fourth-order valence-corrected chi connectivity index (χ4v) is 0.840. The lowest BCUT2D eigenvalue weighted by Crippen LogP contribution is -1.87. The van der Waals surface area contributed by atoms with Crippen LogP contribution in [0.15, 0.2) is 73.3 Å². The van der Waals surface area contributed by atoms with Crippen LogP contribution < -0.4 is 0 Å². The number of ether oxygens (including phenoxy) is 1. The fourth-order valence-electron chi connectivity index (χ4n) is 0.840. The maximum atomic E-state index is 5.61.